The maximum atomic E-state index is 12.8. The summed E-state index contributed by atoms with van der Waals surface area (Å²) in [7, 11) is 1.63. The van der Waals surface area contributed by atoms with Crippen LogP contribution in [0, 0.1) is 12.8 Å². The van der Waals surface area contributed by atoms with Gasteiger partial charge in [0.2, 0.25) is 5.56 Å². The average molecular weight is 368 g/mol. The Bertz CT molecular complexity index is 885. The van der Waals surface area contributed by atoms with Crippen LogP contribution in [0.15, 0.2) is 23.1 Å². The first kappa shape index (κ1) is 18.2. The van der Waals surface area contributed by atoms with Gasteiger partial charge in [-0.1, -0.05) is 0 Å². The fourth-order valence-electron chi connectivity index (χ4n) is 3.30. The van der Waals surface area contributed by atoms with Gasteiger partial charge in [-0.05, 0) is 25.3 Å². The molecule has 3 heterocycles. The molecule has 0 saturated carbocycles. The zero-order chi connectivity index (χ0) is 19.1. The zero-order valence-electron chi connectivity index (χ0n) is 14.4. The molecular weight excluding hydrogens is 349 g/mol. The molecule has 1 aliphatic rings. The third-order valence-electron chi connectivity index (χ3n) is 4.49. The summed E-state index contributed by atoms with van der Waals surface area (Å²) in [5.41, 5.74) is -0.333. The highest BCUT2D eigenvalue weighted by molar-refractivity contribution is 5.94. The smallest absolute Gasteiger partial charge is 0.341 e. The Hall–Kier alpha value is -2.58. The van der Waals surface area contributed by atoms with Crippen LogP contribution in [0.5, 0.6) is 0 Å². The highest BCUT2D eigenvalue weighted by atomic mass is 19.4. The lowest BCUT2D eigenvalue weighted by Crippen LogP contribution is -2.35. The van der Waals surface area contributed by atoms with Gasteiger partial charge in [0.25, 0.3) is 5.91 Å². The number of fused-ring (bicyclic) bond motifs is 1. The number of aromatic amines is 1. The van der Waals surface area contributed by atoms with Crippen molar-refractivity contribution in [2.75, 3.05) is 13.6 Å². The lowest BCUT2D eigenvalue weighted by molar-refractivity contribution is -0.141. The number of nitrogens with zero attached hydrogens (tertiary/aromatic N) is 3. The molecule has 6 nitrogen and oxygen atoms in total. The maximum Gasteiger partial charge on any atom is 0.434 e. The van der Waals surface area contributed by atoms with E-state index < -0.39 is 11.9 Å². The van der Waals surface area contributed by atoms with Gasteiger partial charge in [-0.2, -0.15) is 13.2 Å². The molecule has 0 fully saturated rings. The van der Waals surface area contributed by atoms with Gasteiger partial charge < -0.3 is 14.5 Å². The monoisotopic (exact) mass is 368 g/mol. The van der Waals surface area contributed by atoms with Crippen LogP contribution in [0.2, 0.25) is 0 Å². The maximum absolute atomic E-state index is 12.8. The van der Waals surface area contributed by atoms with E-state index in [1.807, 2.05) is 0 Å². The van der Waals surface area contributed by atoms with E-state index in [2.05, 4.69) is 9.97 Å². The molecule has 0 unspecified atom stereocenters. The predicted molar refractivity (Wildman–Crippen MR) is 87.8 cm³/mol. The van der Waals surface area contributed by atoms with Crippen LogP contribution in [-0.4, -0.2) is 38.9 Å². The third kappa shape index (κ3) is 3.81. The molecule has 0 aliphatic carbocycles. The molecule has 1 atom stereocenters. The standard InChI is InChI=1S/C17H19F3N4O2/c1-10-5-12(6-15(25)21-10)16(26)23(2)7-11-3-4-14-22-13(17(18,19)20)9-24(14)8-11/h5-6,9,11H,3-4,7-8H2,1-2H3,(H,21,25)/t11-/m0/s1. The van der Waals surface area contributed by atoms with Gasteiger partial charge in [0.15, 0.2) is 5.69 Å². The van der Waals surface area contributed by atoms with E-state index in [-0.39, 0.29) is 17.4 Å². The number of aryl methyl sites for hydroxylation is 2. The molecule has 0 radical (unpaired) electrons. The number of hydrogen-bond donors (Lipinski definition) is 1. The summed E-state index contributed by atoms with van der Waals surface area (Å²) in [6.45, 7) is 2.46. The Kier molecular flexibility index (Phi) is 4.64. The summed E-state index contributed by atoms with van der Waals surface area (Å²) >= 11 is 0. The van der Waals surface area contributed by atoms with Crippen molar-refractivity contribution >= 4 is 5.91 Å². The molecule has 0 saturated heterocycles. The van der Waals surface area contributed by atoms with E-state index >= 15 is 0 Å². The minimum atomic E-state index is -4.45. The molecule has 1 N–H and O–H groups in total. The van der Waals surface area contributed by atoms with Crippen LogP contribution in [-0.2, 0) is 19.1 Å². The van der Waals surface area contributed by atoms with Crippen LogP contribution < -0.4 is 5.56 Å². The first-order valence-electron chi connectivity index (χ1n) is 8.23. The Morgan fingerprint density at radius 3 is 2.81 bits per heavy atom. The van der Waals surface area contributed by atoms with Crippen LogP contribution >= 0.6 is 0 Å². The summed E-state index contributed by atoms with van der Waals surface area (Å²) in [5.74, 6) is 0.161. The van der Waals surface area contributed by atoms with Crippen LogP contribution in [0.1, 0.15) is 34.0 Å². The number of carbonyl (C=O) groups excluding carboxylic acids is 1. The minimum Gasteiger partial charge on any atom is -0.341 e. The lowest BCUT2D eigenvalue weighted by atomic mass is 9.98. The molecule has 1 amide bonds. The first-order chi connectivity index (χ1) is 12.1. The summed E-state index contributed by atoms with van der Waals surface area (Å²) in [6, 6.07) is 2.85. The molecule has 26 heavy (non-hydrogen) atoms. The number of aromatic nitrogens is 3. The van der Waals surface area contributed by atoms with Crippen molar-refractivity contribution in [1.82, 2.24) is 19.4 Å². The topological polar surface area (TPSA) is 71.0 Å². The number of alkyl halides is 3. The number of hydrogen-bond acceptors (Lipinski definition) is 3. The van der Waals surface area contributed by atoms with E-state index in [1.54, 1.807) is 20.0 Å². The molecule has 1 aliphatic heterocycles. The molecular formula is C17H19F3N4O2. The third-order valence-corrected chi connectivity index (χ3v) is 4.49. The predicted octanol–water partition coefficient (Wildman–Crippen LogP) is 2.23. The summed E-state index contributed by atoms with van der Waals surface area (Å²) in [5, 5.41) is 0. The van der Waals surface area contributed by atoms with Crippen molar-refractivity contribution < 1.29 is 18.0 Å². The number of halogens is 3. The van der Waals surface area contributed by atoms with Gasteiger partial charge in [0, 0.05) is 50.1 Å². The van der Waals surface area contributed by atoms with Gasteiger partial charge in [-0.3, -0.25) is 9.59 Å². The van der Waals surface area contributed by atoms with Gasteiger partial charge >= 0.3 is 6.18 Å². The number of rotatable bonds is 3. The number of carbonyl (C=O) groups is 1. The van der Waals surface area contributed by atoms with E-state index in [0.717, 1.165) is 6.20 Å². The Labute approximate surface area is 147 Å². The van der Waals surface area contributed by atoms with Gasteiger partial charge in [0.1, 0.15) is 5.82 Å². The summed E-state index contributed by atoms with van der Waals surface area (Å²) in [6.07, 6.45) is -2.33. The molecule has 3 rings (SSSR count). The molecule has 2 aromatic rings. The number of pyridine rings is 1. The highest BCUT2D eigenvalue weighted by Gasteiger charge is 2.36. The van der Waals surface area contributed by atoms with Crippen molar-refractivity contribution in [3.8, 4) is 0 Å². The largest absolute Gasteiger partial charge is 0.434 e. The number of H-pyrrole nitrogens is 1. The normalized spacial score (nSPS) is 17.0. The fourth-order valence-corrected chi connectivity index (χ4v) is 3.30. The Morgan fingerprint density at radius 2 is 2.15 bits per heavy atom. The van der Waals surface area contributed by atoms with Crippen molar-refractivity contribution in [1.29, 1.82) is 0 Å². The average Bonchev–Trinajstić information content (AvgIpc) is 2.96. The molecule has 140 valence electrons. The van der Waals surface area contributed by atoms with Crippen molar-refractivity contribution in [3.63, 3.8) is 0 Å². The van der Waals surface area contributed by atoms with E-state index in [0.29, 0.717) is 43.0 Å². The second-order valence-corrected chi connectivity index (χ2v) is 6.70. The van der Waals surface area contributed by atoms with E-state index in [4.69, 9.17) is 0 Å². The van der Waals surface area contributed by atoms with Crippen molar-refractivity contribution in [2.45, 2.75) is 32.5 Å². The molecule has 0 aromatic carbocycles. The summed E-state index contributed by atoms with van der Waals surface area (Å²) in [4.78, 5) is 31.8. The van der Waals surface area contributed by atoms with Gasteiger partial charge in [-0.15, -0.1) is 0 Å². The van der Waals surface area contributed by atoms with Crippen molar-refractivity contribution in [3.05, 3.63) is 51.5 Å². The lowest BCUT2D eigenvalue weighted by Gasteiger charge is -2.28. The zero-order valence-corrected chi connectivity index (χ0v) is 14.4. The van der Waals surface area contributed by atoms with E-state index in [1.165, 1.54) is 15.5 Å². The highest BCUT2D eigenvalue weighted by Crippen LogP contribution is 2.30. The molecule has 2 aromatic heterocycles. The van der Waals surface area contributed by atoms with E-state index in [9.17, 15) is 22.8 Å². The minimum absolute atomic E-state index is 0.0230. The second-order valence-electron chi connectivity index (χ2n) is 6.70. The quantitative estimate of drug-likeness (QED) is 0.903. The SMILES string of the molecule is Cc1cc(C(=O)N(C)C[C@@H]2CCc3nc(C(F)(F)F)cn3C2)cc(=O)[nH]1. The number of nitrogens with one attached hydrogen (secondary N) is 1. The Balaban J connectivity index is 1.69. The number of imidazole rings is 1. The van der Waals surface area contributed by atoms with Crippen LogP contribution in [0.4, 0.5) is 13.2 Å². The second kappa shape index (κ2) is 6.62. The molecule has 0 bridgehead atoms. The van der Waals surface area contributed by atoms with Gasteiger partial charge in [-0.25, -0.2) is 4.98 Å². The van der Waals surface area contributed by atoms with Crippen molar-refractivity contribution in [2.24, 2.45) is 5.92 Å². The fraction of sp³-hybridized carbons (Fsp3) is 0.471. The number of amides is 1. The van der Waals surface area contributed by atoms with Crippen LogP contribution in [0.3, 0.4) is 0 Å². The van der Waals surface area contributed by atoms with Gasteiger partial charge in [0.05, 0.1) is 0 Å². The van der Waals surface area contributed by atoms with Crippen LogP contribution in [0.25, 0.3) is 0 Å². The Morgan fingerprint density at radius 1 is 1.42 bits per heavy atom. The molecule has 9 heteroatoms. The summed E-state index contributed by atoms with van der Waals surface area (Å²) < 4.78 is 39.9. The first-order valence-corrected chi connectivity index (χ1v) is 8.23. The molecule has 0 spiro atoms.